The summed E-state index contributed by atoms with van der Waals surface area (Å²) < 4.78 is 4.40. The Labute approximate surface area is 287 Å². The van der Waals surface area contributed by atoms with E-state index in [2.05, 4.69) is 106 Å². The van der Waals surface area contributed by atoms with Gasteiger partial charge in [0.2, 0.25) is 0 Å². The maximum Gasteiger partial charge on any atom is 0.0998 e. The highest BCUT2D eigenvalue weighted by atomic mass is 15.0. The van der Waals surface area contributed by atoms with Crippen LogP contribution in [0.1, 0.15) is 16.7 Å². The van der Waals surface area contributed by atoms with Crippen molar-refractivity contribution < 1.29 is 0 Å². The minimum atomic E-state index is 0.549. The SMILES string of the molecule is N#Cc1ccc2c(c1)c1c(C#N)cccc1n2-c1ccccc1-c1ccc(-c2ccc(-n3c4ccccc4c4ccccc43)cc2C#N)cc1. The molecule has 9 rings (SSSR count). The molecule has 0 unspecified atom stereocenters. The second-order valence-electron chi connectivity index (χ2n) is 12.3. The molecule has 2 heterocycles. The number of rotatable bonds is 4. The maximum atomic E-state index is 10.3. The molecule has 50 heavy (non-hydrogen) atoms. The predicted octanol–water partition coefficient (Wildman–Crippen LogP) is 10.8. The van der Waals surface area contributed by atoms with Crippen molar-refractivity contribution >= 4 is 43.6 Å². The number of fused-ring (bicyclic) bond motifs is 6. The van der Waals surface area contributed by atoms with E-state index in [1.54, 1.807) is 0 Å². The van der Waals surface area contributed by atoms with Crippen LogP contribution in [0.5, 0.6) is 0 Å². The molecule has 0 aliphatic carbocycles. The first-order valence-electron chi connectivity index (χ1n) is 16.3. The van der Waals surface area contributed by atoms with Crippen LogP contribution in [0.4, 0.5) is 0 Å². The van der Waals surface area contributed by atoms with Crippen LogP contribution in [-0.4, -0.2) is 9.13 Å². The predicted molar refractivity (Wildman–Crippen MR) is 200 cm³/mol. The summed E-state index contributed by atoms with van der Waals surface area (Å²) in [6, 6.07) is 57.8. The van der Waals surface area contributed by atoms with Crippen LogP contribution < -0.4 is 0 Å². The Bertz CT molecular complexity index is 2900. The lowest BCUT2D eigenvalue weighted by atomic mass is 9.96. The van der Waals surface area contributed by atoms with Crippen molar-refractivity contribution in [2.24, 2.45) is 0 Å². The van der Waals surface area contributed by atoms with E-state index in [1.165, 1.54) is 10.8 Å². The van der Waals surface area contributed by atoms with E-state index in [9.17, 15) is 15.8 Å². The molecule has 0 aliphatic heterocycles. The molecule has 5 heteroatoms. The minimum absolute atomic E-state index is 0.549. The number of benzene rings is 7. The Morgan fingerprint density at radius 2 is 1.02 bits per heavy atom. The second-order valence-corrected chi connectivity index (χ2v) is 12.3. The van der Waals surface area contributed by atoms with Crippen molar-refractivity contribution in [2.75, 3.05) is 0 Å². The van der Waals surface area contributed by atoms with E-state index in [1.807, 2.05) is 72.8 Å². The van der Waals surface area contributed by atoms with Crippen LogP contribution in [0.25, 0.3) is 77.2 Å². The Morgan fingerprint density at radius 3 is 1.72 bits per heavy atom. The summed E-state index contributed by atoms with van der Waals surface area (Å²) >= 11 is 0. The number of nitriles is 3. The van der Waals surface area contributed by atoms with Crippen LogP contribution >= 0.6 is 0 Å². The van der Waals surface area contributed by atoms with Gasteiger partial charge >= 0.3 is 0 Å². The quantitative estimate of drug-likeness (QED) is 0.193. The highest BCUT2D eigenvalue weighted by molar-refractivity contribution is 6.13. The van der Waals surface area contributed by atoms with E-state index < -0.39 is 0 Å². The molecule has 0 radical (unpaired) electrons. The van der Waals surface area contributed by atoms with Crippen molar-refractivity contribution in [2.45, 2.75) is 0 Å². The molecule has 0 atom stereocenters. The van der Waals surface area contributed by atoms with E-state index in [-0.39, 0.29) is 0 Å². The highest BCUT2D eigenvalue weighted by Crippen LogP contribution is 2.39. The summed E-state index contributed by atoms with van der Waals surface area (Å²) in [4.78, 5) is 0. The first-order chi connectivity index (χ1) is 24.7. The van der Waals surface area contributed by atoms with Crippen LogP contribution in [0.2, 0.25) is 0 Å². The van der Waals surface area contributed by atoms with Gasteiger partial charge in [-0.3, -0.25) is 0 Å². The number of para-hydroxylation sites is 3. The Hall–Kier alpha value is -7.39. The summed E-state index contributed by atoms with van der Waals surface area (Å²) in [6.45, 7) is 0. The van der Waals surface area contributed by atoms with Gasteiger partial charge in [-0.15, -0.1) is 0 Å². The molecule has 0 saturated heterocycles. The van der Waals surface area contributed by atoms with Gasteiger partial charge < -0.3 is 9.13 Å². The Balaban J connectivity index is 1.15. The second kappa shape index (κ2) is 11.4. The van der Waals surface area contributed by atoms with Gasteiger partial charge in [0.15, 0.2) is 0 Å². The van der Waals surface area contributed by atoms with Gasteiger partial charge in [-0.2, -0.15) is 15.8 Å². The zero-order chi connectivity index (χ0) is 33.8. The molecular weight excluding hydrogens is 611 g/mol. The molecule has 0 spiro atoms. The van der Waals surface area contributed by atoms with Crippen molar-refractivity contribution in [1.82, 2.24) is 9.13 Å². The minimum Gasteiger partial charge on any atom is -0.309 e. The molecule has 0 fully saturated rings. The largest absolute Gasteiger partial charge is 0.309 e. The van der Waals surface area contributed by atoms with Crippen LogP contribution in [0, 0.1) is 34.0 Å². The lowest BCUT2D eigenvalue weighted by Crippen LogP contribution is -1.97. The van der Waals surface area contributed by atoms with E-state index in [0.29, 0.717) is 16.7 Å². The van der Waals surface area contributed by atoms with Crippen molar-refractivity contribution in [1.29, 1.82) is 15.8 Å². The van der Waals surface area contributed by atoms with Gasteiger partial charge in [-0.1, -0.05) is 91.0 Å². The van der Waals surface area contributed by atoms with E-state index in [0.717, 1.165) is 66.5 Å². The first-order valence-corrected chi connectivity index (χ1v) is 16.3. The first kappa shape index (κ1) is 28.8. The topological polar surface area (TPSA) is 81.2 Å². The summed E-state index contributed by atoms with van der Waals surface area (Å²) in [5, 5.41) is 34.0. The summed E-state index contributed by atoms with van der Waals surface area (Å²) in [5.41, 5.74) is 11.5. The smallest absolute Gasteiger partial charge is 0.0998 e. The standard InChI is InChI=1S/C45H25N5/c46-26-29-16-23-43-39(24-29)45-32(27-47)8-7-15-44(45)50(43)40-12-4-1-9-36(40)31-19-17-30(18-20-31)35-22-21-34(25-33(35)28-48)49-41-13-5-2-10-37(41)38-11-3-6-14-42(38)49/h1-25H. The molecule has 0 saturated carbocycles. The third-order valence-electron chi connectivity index (χ3n) is 9.65. The number of hydrogen-bond donors (Lipinski definition) is 0. The lowest BCUT2D eigenvalue weighted by molar-refractivity contribution is 1.18. The van der Waals surface area contributed by atoms with Gasteiger partial charge in [0.1, 0.15) is 0 Å². The van der Waals surface area contributed by atoms with Crippen molar-refractivity contribution in [3.05, 3.63) is 168 Å². The zero-order valence-corrected chi connectivity index (χ0v) is 26.7. The van der Waals surface area contributed by atoms with Crippen molar-refractivity contribution in [3.8, 4) is 51.8 Å². The zero-order valence-electron chi connectivity index (χ0n) is 26.7. The van der Waals surface area contributed by atoms with Gasteiger partial charge in [-0.05, 0) is 77.4 Å². The molecule has 2 aromatic heterocycles. The van der Waals surface area contributed by atoms with Crippen molar-refractivity contribution in [3.63, 3.8) is 0 Å². The molecule has 9 aromatic rings. The van der Waals surface area contributed by atoms with Gasteiger partial charge in [0.25, 0.3) is 0 Å². The third-order valence-corrected chi connectivity index (χ3v) is 9.65. The van der Waals surface area contributed by atoms with Crippen LogP contribution in [-0.2, 0) is 0 Å². The van der Waals surface area contributed by atoms with Crippen LogP contribution in [0.3, 0.4) is 0 Å². The van der Waals surface area contributed by atoms with E-state index >= 15 is 0 Å². The van der Waals surface area contributed by atoms with Gasteiger partial charge in [0.05, 0.1) is 62.7 Å². The normalized spacial score (nSPS) is 11.1. The lowest BCUT2D eigenvalue weighted by Gasteiger charge is -2.15. The molecule has 0 aliphatic rings. The van der Waals surface area contributed by atoms with Gasteiger partial charge in [0, 0.05) is 32.8 Å². The summed E-state index contributed by atoms with van der Waals surface area (Å²) in [5.74, 6) is 0. The van der Waals surface area contributed by atoms with Gasteiger partial charge in [-0.25, -0.2) is 0 Å². The maximum absolute atomic E-state index is 10.3. The fraction of sp³-hybridized carbons (Fsp3) is 0. The number of aromatic nitrogens is 2. The molecule has 0 bridgehead atoms. The third kappa shape index (κ3) is 4.31. The average Bonchev–Trinajstić information content (AvgIpc) is 3.70. The number of nitrogens with zero attached hydrogens (tertiary/aromatic N) is 5. The van der Waals surface area contributed by atoms with E-state index in [4.69, 9.17) is 0 Å². The molecule has 7 aromatic carbocycles. The average molecular weight is 636 g/mol. The Morgan fingerprint density at radius 1 is 0.400 bits per heavy atom. The Kier molecular flexibility index (Phi) is 6.56. The number of hydrogen-bond acceptors (Lipinski definition) is 3. The summed E-state index contributed by atoms with van der Waals surface area (Å²) in [6.07, 6.45) is 0. The molecule has 230 valence electrons. The molecule has 0 amide bonds. The highest BCUT2D eigenvalue weighted by Gasteiger charge is 2.19. The molecule has 0 N–H and O–H groups in total. The van der Waals surface area contributed by atoms with Crippen LogP contribution in [0.15, 0.2) is 152 Å². The molecule has 5 nitrogen and oxygen atoms in total. The summed E-state index contributed by atoms with van der Waals surface area (Å²) in [7, 11) is 0. The molecular formula is C45H25N5. The fourth-order valence-electron chi connectivity index (χ4n) is 7.45. The monoisotopic (exact) mass is 635 g/mol. The fourth-order valence-corrected chi connectivity index (χ4v) is 7.45.